The normalized spacial score (nSPS) is 16.0. The van der Waals surface area contributed by atoms with E-state index in [4.69, 9.17) is 28.0 Å². The molecule has 0 saturated heterocycles. The molecule has 0 radical (unpaired) electrons. The van der Waals surface area contributed by atoms with E-state index in [0.717, 1.165) is 6.07 Å². The summed E-state index contributed by atoms with van der Waals surface area (Å²) in [5.74, 6) is -1.15. The van der Waals surface area contributed by atoms with Gasteiger partial charge in [-0.3, -0.25) is 14.9 Å². The van der Waals surface area contributed by atoms with Gasteiger partial charge in [0.15, 0.2) is 0 Å². The Morgan fingerprint density at radius 3 is 2.73 bits per heavy atom. The molecule has 1 heterocycles. The van der Waals surface area contributed by atoms with Crippen molar-refractivity contribution in [2.24, 2.45) is 5.16 Å². The maximum atomic E-state index is 13.9. The largest absolute Gasteiger partial charge is 0.382 e. The molecule has 0 fully saturated rings. The number of hydrogen-bond donors (Lipinski definition) is 1. The first-order valence-corrected chi connectivity index (χ1v) is 8.04. The van der Waals surface area contributed by atoms with Gasteiger partial charge in [-0.05, 0) is 18.2 Å². The molecular formula is C16H10Cl2FN3O4. The fraction of sp³-hybridized carbons (Fsp3) is 0.125. The number of amides is 1. The minimum atomic E-state index is -1.01. The summed E-state index contributed by atoms with van der Waals surface area (Å²) in [5.41, 5.74) is 0.272. The summed E-state index contributed by atoms with van der Waals surface area (Å²) in [4.78, 5) is 27.5. The number of nitrogens with one attached hydrogen (secondary N) is 1. The fourth-order valence-corrected chi connectivity index (χ4v) is 2.87. The second-order valence-corrected chi connectivity index (χ2v) is 6.16. The van der Waals surface area contributed by atoms with Gasteiger partial charge in [0.1, 0.15) is 5.82 Å². The first-order chi connectivity index (χ1) is 12.4. The van der Waals surface area contributed by atoms with Crippen LogP contribution in [0.15, 0.2) is 41.6 Å². The predicted octanol–water partition coefficient (Wildman–Crippen LogP) is 4.17. The molecule has 0 aliphatic carbocycles. The van der Waals surface area contributed by atoms with Gasteiger partial charge in [0.2, 0.25) is 6.10 Å². The summed E-state index contributed by atoms with van der Waals surface area (Å²) in [6, 6.07) is 7.83. The van der Waals surface area contributed by atoms with Crippen LogP contribution in [0.5, 0.6) is 0 Å². The van der Waals surface area contributed by atoms with Crippen LogP contribution in [0.4, 0.5) is 15.8 Å². The van der Waals surface area contributed by atoms with Crippen molar-refractivity contribution < 1.29 is 18.9 Å². The Morgan fingerprint density at radius 1 is 1.31 bits per heavy atom. The van der Waals surface area contributed by atoms with E-state index >= 15 is 0 Å². The van der Waals surface area contributed by atoms with Crippen molar-refractivity contribution in [2.45, 2.75) is 12.5 Å². The van der Waals surface area contributed by atoms with Crippen LogP contribution in [0.25, 0.3) is 0 Å². The maximum Gasteiger partial charge on any atom is 0.271 e. The smallest absolute Gasteiger partial charge is 0.271 e. The Balaban J connectivity index is 1.71. The molecule has 1 aliphatic rings. The lowest BCUT2D eigenvalue weighted by atomic mass is 10.0. The van der Waals surface area contributed by atoms with Crippen molar-refractivity contribution in [2.75, 3.05) is 5.32 Å². The van der Waals surface area contributed by atoms with Crippen molar-refractivity contribution in [1.82, 2.24) is 0 Å². The molecule has 1 N–H and O–H groups in total. The van der Waals surface area contributed by atoms with Gasteiger partial charge >= 0.3 is 0 Å². The van der Waals surface area contributed by atoms with Crippen LogP contribution in [0.3, 0.4) is 0 Å². The molecule has 1 aliphatic heterocycles. The van der Waals surface area contributed by atoms with Gasteiger partial charge in [-0.25, -0.2) is 4.39 Å². The summed E-state index contributed by atoms with van der Waals surface area (Å²) in [7, 11) is 0. The third kappa shape index (κ3) is 3.61. The van der Waals surface area contributed by atoms with E-state index in [1.54, 1.807) is 0 Å². The lowest BCUT2D eigenvalue weighted by Crippen LogP contribution is -2.28. The molecule has 1 unspecified atom stereocenters. The first-order valence-electron chi connectivity index (χ1n) is 7.28. The van der Waals surface area contributed by atoms with Crippen LogP contribution >= 0.6 is 23.2 Å². The van der Waals surface area contributed by atoms with Crippen molar-refractivity contribution in [3.8, 4) is 0 Å². The number of benzene rings is 2. The lowest BCUT2D eigenvalue weighted by Gasteiger charge is -2.11. The lowest BCUT2D eigenvalue weighted by molar-refractivity contribution is -0.384. The first kappa shape index (κ1) is 18.1. The number of halogens is 3. The van der Waals surface area contributed by atoms with Gasteiger partial charge in [-0.15, -0.1) is 0 Å². The van der Waals surface area contributed by atoms with Gasteiger partial charge in [0, 0.05) is 18.6 Å². The van der Waals surface area contributed by atoms with Crippen LogP contribution < -0.4 is 5.32 Å². The summed E-state index contributed by atoms with van der Waals surface area (Å²) in [5, 5.41) is 17.1. The zero-order chi connectivity index (χ0) is 18.8. The predicted molar refractivity (Wildman–Crippen MR) is 94.2 cm³/mol. The van der Waals surface area contributed by atoms with E-state index in [-0.39, 0.29) is 39.1 Å². The summed E-state index contributed by atoms with van der Waals surface area (Å²) in [6.07, 6.45) is -0.996. The van der Waals surface area contributed by atoms with E-state index in [2.05, 4.69) is 10.5 Å². The van der Waals surface area contributed by atoms with E-state index in [9.17, 15) is 19.3 Å². The van der Waals surface area contributed by atoms with Crippen molar-refractivity contribution >= 4 is 46.2 Å². The van der Waals surface area contributed by atoms with Gasteiger partial charge < -0.3 is 10.2 Å². The Bertz CT molecular complexity index is 915. The average Bonchev–Trinajstić information content (AvgIpc) is 3.06. The molecule has 10 heteroatoms. The van der Waals surface area contributed by atoms with Crippen LogP contribution in [-0.2, 0) is 9.63 Å². The highest BCUT2D eigenvalue weighted by Gasteiger charge is 2.31. The Morgan fingerprint density at radius 2 is 2.08 bits per heavy atom. The van der Waals surface area contributed by atoms with Crippen molar-refractivity contribution in [3.05, 3.63) is 67.9 Å². The zero-order valence-electron chi connectivity index (χ0n) is 12.9. The standard InChI is InChI=1S/C16H10Cl2FN3O4/c17-9-2-1-3-11(19)15(9)13-7-14(26-21-13)16(23)20-12-5-4-8(22(24)25)6-10(12)18/h1-6,14H,7H2,(H,20,23). The second-order valence-electron chi connectivity index (χ2n) is 5.34. The highest BCUT2D eigenvalue weighted by Crippen LogP contribution is 2.29. The Labute approximate surface area is 156 Å². The monoisotopic (exact) mass is 397 g/mol. The van der Waals surface area contributed by atoms with Gasteiger partial charge in [-0.2, -0.15) is 0 Å². The molecule has 1 amide bonds. The zero-order valence-corrected chi connectivity index (χ0v) is 14.4. The molecule has 134 valence electrons. The quantitative estimate of drug-likeness (QED) is 0.618. The van der Waals surface area contributed by atoms with E-state index < -0.39 is 22.8 Å². The number of oxime groups is 1. The third-order valence-corrected chi connectivity index (χ3v) is 4.26. The minimum absolute atomic E-state index is 0.00355. The summed E-state index contributed by atoms with van der Waals surface area (Å²) < 4.78 is 13.9. The topological polar surface area (TPSA) is 93.8 Å². The molecule has 7 nitrogen and oxygen atoms in total. The van der Waals surface area contributed by atoms with Crippen LogP contribution in [0.2, 0.25) is 10.0 Å². The third-order valence-electron chi connectivity index (χ3n) is 3.63. The van der Waals surface area contributed by atoms with Gasteiger partial charge in [0.25, 0.3) is 11.6 Å². The van der Waals surface area contributed by atoms with Crippen LogP contribution in [-0.4, -0.2) is 22.6 Å². The highest BCUT2D eigenvalue weighted by atomic mass is 35.5. The number of hydrogen-bond acceptors (Lipinski definition) is 5. The van der Waals surface area contributed by atoms with Crippen molar-refractivity contribution in [3.63, 3.8) is 0 Å². The van der Waals surface area contributed by atoms with E-state index in [0.29, 0.717) is 0 Å². The van der Waals surface area contributed by atoms with Gasteiger partial charge in [0.05, 0.1) is 31.9 Å². The van der Waals surface area contributed by atoms with Crippen LogP contribution in [0, 0.1) is 15.9 Å². The number of anilines is 1. The number of nitro benzene ring substituents is 1. The number of carbonyl (C=O) groups excluding carboxylic acids is 1. The maximum absolute atomic E-state index is 13.9. The SMILES string of the molecule is O=C(Nc1ccc([N+](=O)[O-])cc1Cl)C1CC(c2c(F)cccc2Cl)=NO1. The average molecular weight is 398 g/mol. The number of rotatable bonds is 4. The second kappa shape index (κ2) is 7.27. The Kier molecular flexibility index (Phi) is 5.06. The fourth-order valence-electron chi connectivity index (χ4n) is 2.37. The van der Waals surface area contributed by atoms with E-state index in [1.165, 1.54) is 30.3 Å². The molecule has 3 rings (SSSR count). The molecule has 0 bridgehead atoms. The highest BCUT2D eigenvalue weighted by molar-refractivity contribution is 6.35. The Hall–Kier alpha value is -2.71. The van der Waals surface area contributed by atoms with Gasteiger partial charge in [-0.1, -0.05) is 34.4 Å². The molecule has 0 aromatic heterocycles. The molecule has 2 aromatic rings. The molecule has 0 saturated carbocycles. The number of non-ortho nitro benzene ring substituents is 1. The van der Waals surface area contributed by atoms with Crippen LogP contribution in [0.1, 0.15) is 12.0 Å². The molecular weight excluding hydrogens is 388 g/mol. The minimum Gasteiger partial charge on any atom is -0.382 e. The number of nitrogens with zero attached hydrogens (tertiary/aromatic N) is 2. The summed E-state index contributed by atoms with van der Waals surface area (Å²) >= 11 is 11.9. The molecule has 26 heavy (non-hydrogen) atoms. The number of carbonyl (C=O) groups is 1. The molecule has 2 aromatic carbocycles. The molecule has 0 spiro atoms. The summed E-state index contributed by atoms with van der Waals surface area (Å²) in [6.45, 7) is 0. The van der Waals surface area contributed by atoms with E-state index in [1.807, 2.05) is 0 Å². The molecule has 1 atom stereocenters. The van der Waals surface area contributed by atoms with Crippen molar-refractivity contribution in [1.29, 1.82) is 0 Å². The number of nitro groups is 1.